The highest BCUT2D eigenvalue weighted by Gasteiger charge is 2.15. The van der Waals surface area contributed by atoms with Crippen LogP contribution < -0.4 is 5.32 Å². The number of hydrogen-bond donors (Lipinski definition) is 1. The zero-order valence-corrected chi connectivity index (χ0v) is 9.75. The van der Waals surface area contributed by atoms with Gasteiger partial charge in [-0.1, -0.05) is 0 Å². The summed E-state index contributed by atoms with van der Waals surface area (Å²) in [5.41, 5.74) is 0. The largest absolute Gasteiger partial charge is 0.383 e. The summed E-state index contributed by atoms with van der Waals surface area (Å²) in [4.78, 5) is 2.38. The second-order valence-corrected chi connectivity index (χ2v) is 4.37. The quantitative estimate of drug-likeness (QED) is 0.695. The van der Waals surface area contributed by atoms with Crippen molar-refractivity contribution in [3.63, 3.8) is 0 Å². The maximum atomic E-state index is 5.14. The monoisotopic (exact) mass is 200 g/mol. The Morgan fingerprint density at radius 1 is 1.57 bits per heavy atom. The van der Waals surface area contributed by atoms with Crippen molar-refractivity contribution in [2.24, 2.45) is 0 Å². The molecule has 0 aromatic carbocycles. The topological polar surface area (TPSA) is 24.5 Å². The van der Waals surface area contributed by atoms with Crippen molar-refractivity contribution in [2.75, 3.05) is 33.9 Å². The maximum Gasteiger partial charge on any atom is 0.0615 e. The first-order valence-electron chi connectivity index (χ1n) is 5.66. The van der Waals surface area contributed by atoms with E-state index in [1.165, 1.54) is 32.4 Å². The van der Waals surface area contributed by atoms with E-state index in [9.17, 15) is 0 Å². The second kappa shape index (κ2) is 6.38. The molecule has 0 bridgehead atoms. The average Bonchev–Trinajstić information content (AvgIpc) is 2.67. The van der Waals surface area contributed by atoms with Gasteiger partial charge in [0.25, 0.3) is 0 Å². The van der Waals surface area contributed by atoms with E-state index in [1.807, 2.05) is 0 Å². The first kappa shape index (κ1) is 12.0. The van der Waals surface area contributed by atoms with E-state index in [4.69, 9.17) is 4.74 Å². The summed E-state index contributed by atoms with van der Waals surface area (Å²) < 4.78 is 5.14. The lowest BCUT2D eigenvalue weighted by atomic mass is 10.1. The molecule has 1 aliphatic rings. The van der Waals surface area contributed by atoms with Crippen LogP contribution in [0.1, 0.15) is 26.2 Å². The fourth-order valence-corrected chi connectivity index (χ4v) is 1.95. The SMILES string of the molecule is COCC(C)N(C)CCC1CCCN1. The van der Waals surface area contributed by atoms with Gasteiger partial charge in [0.1, 0.15) is 0 Å². The van der Waals surface area contributed by atoms with Crippen LogP contribution in [0.4, 0.5) is 0 Å². The molecule has 0 radical (unpaired) electrons. The molecule has 0 aromatic rings. The summed E-state index contributed by atoms with van der Waals surface area (Å²) in [6.07, 6.45) is 3.97. The number of likely N-dealkylation sites (N-methyl/N-ethyl adjacent to an activating group) is 1. The van der Waals surface area contributed by atoms with E-state index in [0.29, 0.717) is 6.04 Å². The highest BCUT2D eigenvalue weighted by atomic mass is 16.5. The summed E-state index contributed by atoms with van der Waals surface area (Å²) >= 11 is 0. The van der Waals surface area contributed by atoms with Gasteiger partial charge in [-0.15, -0.1) is 0 Å². The third-order valence-electron chi connectivity index (χ3n) is 3.15. The number of methoxy groups -OCH3 is 1. The van der Waals surface area contributed by atoms with Crippen molar-refractivity contribution in [3.8, 4) is 0 Å². The van der Waals surface area contributed by atoms with Gasteiger partial charge in [-0.3, -0.25) is 0 Å². The third kappa shape index (κ3) is 3.95. The molecule has 14 heavy (non-hydrogen) atoms. The van der Waals surface area contributed by atoms with Crippen molar-refractivity contribution in [2.45, 2.75) is 38.3 Å². The predicted octanol–water partition coefficient (Wildman–Crippen LogP) is 1.10. The minimum atomic E-state index is 0.529. The Morgan fingerprint density at radius 2 is 2.36 bits per heavy atom. The lowest BCUT2D eigenvalue weighted by Crippen LogP contribution is -2.36. The molecule has 1 saturated heterocycles. The fraction of sp³-hybridized carbons (Fsp3) is 1.00. The molecular formula is C11H24N2O. The van der Waals surface area contributed by atoms with Gasteiger partial charge in [0.15, 0.2) is 0 Å². The zero-order chi connectivity index (χ0) is 10.4. The molecule has 3 nitrogen and oxygen atoms in total. The highest BCUT2D eigenvalue weighted by molar-refractivity contribution is 4.75. The number of rotatable bonds is 6. The molecule has 0 spiro atoms. The van der Waals surface area contributed by atoms with Crippen LogP contribution in [0.2, 0.25) is 0 Å². The Bertz CT molecular complexity index is 146. The molecule has 1 aliphatic heterocycles. The molecule has 0 aliphatic carbocycles. The van der Waals surface area contributed by atoms with Gasteiger partial charge in [0.05, 0.1) is 6.61 Å². The highest BCUT2D eigenvalue weighted by Crippen LogP contribution is 2.09. The van der Waals surface area contributed by atoms with Gasteiger partial charge in [0, 0.05) is 19.2 Å². The summed E-state index contributed by atoms with van der Waals surface area (Å²) in [5.74, 6) is 0. The molecule has 1 N–H and O–H groups in total. The summed E-state index contributed by atoms with van der Waals surface area (Å²) in [6.45, 7) is 5.42. The Balaban J connectivity index is 2.09. The summed E-state index contributed by atoms with van der Waals surface area (Å²) in [6, 6.07) is 1.29. The van der Waals surface area contributed by atoms with E-state index in [2.05, 4.69) is 24.2 Å². The van der Waals surface area contributed by atoms with Gasteiger partial charge < -0.3 is 15.0 Å². The molecule has 1 fully saturated rings. The molecule has 2 unspecified atom stereocenters. The lowest BCUT2D eigenvalue weighted by molar-refractivity contribution is 0.113. The van der Waals surface area contributed by atoms with Crippen LogP contribution >= 0.6 is 0 Å². The van der Waals surface area contributed by atoms with E-state index in [1.54, 1.807) is 7.11 Å². The van der Waals surface area contributed by atoms with Gasteiger partial charge in [-0.05, 0) is 46.3 Å². The minimum absolute atomic E-state index is 0.529. The Kier molecular flexibility index (Phi) is 5.45. The Labute approximate surface area is 87.8 Å². The van der Waals surface area contributed by atoms with Crippen LogP contribution in [-0.4, -0.2) is 50.8 Å². The Morgan fingerprint density at radius 3 is 2.93 bits per heavy atom. The van der Waals surface area contributed by atoms with Gasteiger partial charge >= 0.3 is 0 Å². The summed E-state index contributed by atoms with van der Waals surface area (Å²) in [7, 11) is 3.95. The van der Waals surface area contributed by atoms with Crippen molar-refractivity contribution in [3.05, 3.63) is 0 Å². The van der Waals surface area contributed by atoms with Crippen LogP contribution in [0.3, 0.4) is 0 Å². The molecule has 0 aromatic heterocycles. The number of hydrogen-bond acceptors (Lipinski definition) is 3. The first-order valence-corrected chi connectivity index (χ1v) is 5.66. The average molecular weight is 200 g/mol. The van der Waals surface area contributed by atoms with Gasteiger partial charge in [-0.25, -0.2) is 0 Å². The van der Waals surface area contributed by atoms with E-state index in [-0.39, 0.29) is 0 Å². The number of nitrogens with zero attached hydrogens (tertiary/aromatic N) is 1. The van der Waals surface area contributed by atoms with Crippen LogP contribution in [0.25, 0.3) is 0 Å². The third-order valence-corrected chi connectivity index (χ3v) is 3.15. The molecule has 1 heterocycles. The molecule has 3 heteroatoms. The van der Waals surface area contributed by atoms with Crippen LogP contribution in [0.5, 0.6) is 0 Å². The fourth-order valence-electron chi connectivity index (χ4n) is 1.95. The standard InChI is InChI=1S/C11H24N2O/c1-10(9-14-3)13(2)8-6-11-5-4-7-12-11/h10-12H,4-9H2,1-3H3. The van der Waals surface area contributed by atoms with Gasteiger partial charge in [0.2, 0.25) is 0 Å². The Hall–Kier alpha value is -0.120. The normalized spacial score (nSPS) is 24.4. The summed E-state index contributed by atoms with van der Waals surface area (Å²) in [5, 5.41) is 3.52. The van der Waals surface area contributed by atoms with E-state index >= 15 is 0 Å². The molecule has 84 valence electrons. The van der Waals surface area contributed by atoms with Crippen LogP contribution in [0, 0.1) is 0 Å². The van der Waals surface area contributed by atoms with Crippen molar-refractivity contribution in [1.82, 2.24) is 10.2 Å². The van der Waals surface area contributed by atoms with Crippen molar-refractivity contribution < 1.29 is 4.74 Å². The van der Waals surface area contributed by atoms with Crippen LogP contribution in [-0.2, 0) is 4.74 Å². The molecule has 2 atom stereocenters. The first-order chi connectivity index (χ1) is 6.74. The van der Waals surface area contributed by atoms with Crippen molar-refractivity contribution in [1.29, 1.82) is 0 Å². The molecule has 0 amide bonds. The van der Waals surface area contributed by atoms with Gasteiger partial charge in [-0.2, -0.15) is 0 Å². The molecule has 0 saturated carbocycles. The van der Waals surface area contributed by atoms with E-state index < -0.39 is 0 Å². The predicted molar refractivity (Wildman–Crippen MR) is 59.6 cm³/mol. The molecule has 1 rings (SSSR count). The lowest BCUT2D eigenvalue weighted by Gasteiger charge is -2.25. The second-order valence-electron chi connectivity index (χ2n) is 4.37. The smallest absolute Gasteiger partial charge is 0.0615 e. The maximum absolute atomic E-state index is 5.14. The van der Waals surface area contributed by atoms with Crippen LogP contribution in [0.15, 0.2) is 0 Å². The van der Waals surface area contributed by atoms with Crippen molar-refractivity contribution >= 4 is 0 Å². The van der Waals surface area contributed by atoms with E-state index in [0.717, 1.165) is 12.6 Å². The zero-order valence-electron chi connectivity index (χ0n) is 9.75. The number of nitrogens with one attached hydrogen (secondary N) is 1. The number of ether oxygens (including phenoxy) is 1. The minimum Gasteiger partial charge on any atom is -0.383 e. The molecular weight excluding hydrogens is 176 g/mol.